The smallest absolute Gasteiger partial charge is 0.306 e. The minimum Gasteiger partial charge on any atom is -0.462 e. The van der Waals surface area contributed by atoms with Crippen molar-refractivity contribution in [3.63, 3.8) is 0 Å². The van der Waals surface area contributed by atoms with Crippen LogP contribution in [0, 0.1) is 0 Å². The maximum Gasteiger partial charge on any atom is 0.306 e. The van der Waals surface area contributed by atoms with Gasteiger partial charge in [-0.3, -0.25) is 14.4 Å². The molecule has 0 saturated carbocycles. The Kier molecular flexibility index (Phi) is 48.1. The van der Waals surface area contributed by atoms with E-state index in [1.165, 1.54) is 32.1 Å². The lowest BCUT2D eigenvalue weighted by Gasteiger charge is -2.18. The van der Waals surface area contributed by atoms with Gasteiger partial charge in [0.15, 0.2) is 6.10 Å². The second-order valence-corrected chi connectivity index (χ2v) is 16.4. The van der Waals surface area contributed by atoms with Gasteiger partial charge >= 0.3 is 17.9 Å². The van der Waals surface area contributed by atoms with Gasteiger partial charge in [0.05, 0.1) is 0 Å². The third kappa shape index (κ3) is 48.8. The van der Waals surface area contributed by atoms with E-state index in [1.807, 2.05) is 0 Å². The Morgan fingerprint density at radius 2 is 0.609 bits per heavy atom. The third-order valence-corrected chi connectivity index (χ3v) is 10.2. The highest BCUT2D eigenvalue weighted by molar-refractivity contribution is 5.71. The third-order valence-electron chi connectivity index (χ3n) is 10.2. The fraction of sp³-hybridized carbons (Fsp3) is 0.603. The highest BCUT2D eigenvalue weighted by atomic mass is 16.6. The van der Waals surface area contributed by atoms with Gasteiger partial charge in [-0.2, -0.15) is 0 Å². The number of unbranched alkanes of at least 4 members (excludes halogenated alkanes) is 13. The molecule has 0 aromatic heterocycles. The molecule has 0 radical (unpaired) electrons. The molecule has 1 atom stereocenters. The second kappa shape index (κ2) is 51.4. The number of carbonyl (C=O) groups is 3. The normalized spacial score (nSPS) is 13.1. The molecule has 0 aliphatic carbocycles. The summed E-state index contributed by atoms with van der Waals surface area (Å²) in [5, 5.41) is 0. The maximum atomic E-state index is 12.6. The summed E-state index contributed by atoms with van der Waals surface area (Å²) in [5.74, 6) is -0.969. The van der Waals surface area contributed by atoms with E-state index in [2.05, 4.69) is 142 Å². The second-order valence-electron chi connectivity index (χ2n) is 16.4. The van der Waals surface area contributed by atoms with Crippen molar-refractivity contribution in [2.24, 2.45) is 0 Å². The van der Waals surface area contributed by atoms with Crippen molar-refractivity contribution in [2.75, 3.05) is 13.2 Å². The quantitative estimate of drug-likeness (QED) is 0.0262. The van der Waals surface area contributed by atoms with E-state index in [-0.39, 0.29) is 31.1 Å². The minimum atomic E-state index is -0.789. The van der Waals surface area contributed by atoms with Crippen molar-refractivity contribution in [3.8, 4) is 0 Å². The predicted octanol–water partition coefficient (Wildman–Crippen LogP) is 16.9. The molecule has 0 N–H and O–H groups in total. The summed E-state index contributed by atoms with van der Waals surface area (Å²) in [6.45, 7) is 6.34. The number of hydrogen-bond acceptors (Lipinski definition) is 6. The van der Waals surface area contributed by atoms with Crippen LogP contribution in [-0.2, 0) is 28.6 Å². The number of ether oxygens (including phenoxy) is 3. The molecule has 1 unspecified atom stereocenters. The first-order chi connectivity index (χ1) is 31.5. The first-order valence-electron chi connectivity index (χ1n) is 25.5. The van der Waals surface area contributed by atoms with Crippen LogP contribution in [0.4, 0.5) is 0 Å². The topological polar surface area (TPSA) is 78.9 Å². The van der Waals surface area contributed by atoms with E-state index in [0.717, 1.165) is 135 Å². The zero-order valence-corrected chi connectivity index (χ0v) is 41.0. The molecule has 6 heteroatoms. The summed E-state index contributed by atoms with van der Waals surface area (Å²) < 4.78 is 16.5. The average molecular weight is 885 g/mol. The Labute approximate surface area is 392 Å². The Morgan fingerprint density at radius 1 is 0.328 bits per heavy atom. The number of rotatable bonds is 44. The van der Waals surface area contributed by atoms with Crippen molar-refractivity contribution in [3.05, 3.63) is 122 Å². The van der Waals surface area contributed by atoms with Gasteiger partial charge in [0, 0.05) is 19.3 Å². The molecule has 0 amide bonds. The summed E-state index contributed by atoms with van der Waals surface area (Å²) in [7, 11) is 0. The zero-order chi connectivity index (χ0) is 46.5. The first kappa shape index (κ1) is 59.8. The molecule has 0 fully saturated rings. The summed E-state index contributed by atoms with van der Waals surface area (Å²) >= 11 is 0. The van der Waals surface area contributed by atoms with E-state index >= 15 is 0 Å². The average Bonchev–Trinajstić information content (AvgIpc) is 3.29. The van der Waals surface area contributed by atoms with Crippen LogP contribution < -0.4 is 0 Å². The van der Waals surface area contributed by atoms with Crippen LogP contribution in [-0.4, -0.2) is 37.2 Å². The number of esters is 3. The molecule has 0 rings (SSSR count). The molecule has 0 aromatic rings. The van der Waals surface area contributed by atoms with Crippen LogP contribution in [0.3, 0.4) is 0 Å². The summed E-state index contributed by atoms with van der Waals surface area (Å²) in [6, 6.07) is 0. The Hall–Kier alpha value is -4.19. The van der Waals surface area contributed by atoms with Gasteiger partial charge in [0.1, 0.15) is 13.2 Å². The predicted molar refractivity (Wildman–Crippen MR) is 274 cm³/mol. The fourth-order valence-electron chi connectivity index (χ4n) is 6.41. The van der Waals surface area contributed by atoms with Crippen LogP contribution in [0.15, 0.2) is 122 Å². The van der Waals surface area contributed by atoms with Crippen LogP contribution in [0.5, 0.6) is 0 Å². The van der Waals surface area contributed by atoms with Crippen molar-refractivity contribution >= 4 is 17.9 Å². The SMILES string of the molecule is CC/C=C\C/C=C\C/C=C\C/C=C\C/C=C\C/C=C\C/C=C\C/C=C\C/C=C\C/C=C\CCCCC(=O)OCC(COC(=O)CCCCCCC)OC(=O)CCCCCCCCCC. The first-order valence-corrected chi connectivity index (χ1v) is 25.5. The Bertz CT molecular complexity index is 1390. The number of allylic oxidation sites excluding steroid dienone is 20. The van der Waals surface area contributed by atoms with Gasteiger partial charge in [0.2, 0.25) is 0 Å². The summed E-state index contributed by atoms with van der Waals surface area (Å²) in [6.07, 6.45) is 71.1. The van der Waals surface area contributed by atoms with Crippen LogP contribution >= 0.6 is 0 Å². The van der Waals surface area contributed by atoms with Gasteiger partial charge < -0.3 is 14.2 Å². The number of carbonyl (C=O) groups excluding carboxylic acids is 3. The molecular weight excluding hydrogens is 793 g/mol. The minimum absolute atomic E-state index is 0.0938. The largest absolute Gasteiger partial charge is 0.462 e. The van der Waals surface area contributed by atoms with Gasteiger partial charge in [0.25, 0.3) is 0 Å². The van der Waals surface area contributed by atoms with Crippen LogP contribution in [0.25, 0.3) is 0 Å². The van der Waals surface area contributed by atoms with Crippen LogP contribution in [0.1, 0.15) is 207 Å². The summed E-state index contributed by atoms with van der Waals surface area (Å²) in [5.41, 5.74) is 0. The lowest BCUT2D eigenvalue weighted by molar-refractivity contribution is -0.167. The van der Waals surface area contributed by atoms with Crippen molar-refractivity contribution in [1.29, 1.82) is 0 Å². The standard InChI is InChI=1S/C58H92O6/c1-4-7-10-13-15-17-18-19-20-21-22-23-24-25-26-27-28-29-30-31-32-33-34-35-36-37-38-39-40-41-43-45-48-51-57(60)63-54-55(53-62-56(59)50-47-44-12-9-6-3)64-58(61)52-49-46-42-16-14-11-8-5-2/h7,10,15,17,19-20,22-23,25-26,28-29,31-32,34-35,37-38,40-41,55H,4-6,8-9,11-14,16,18,21,24,27,30,33,36,39,42-54H2,1-3H3/b10-7-,17-15-,20-19-,23-22-,26-25-,29-28-,32-31-,35-34-,38-37-,41-40-. The lowest BCUT2D eigenvalue weighted by Crippen LogP contribution is -2.30. The van der Waals surface area contributed by atoms with Crippen molar-refractivity contribution in [2.45, 2.75) is 213 Å². The van der Waals surface area contributed by atoms with Gasteiger partial charge in [-0.05, 0) is 96.3 Å². The molecule has 0 heterocycles. The Balaban J connectivity index is 4.12. The zero-order valence-electron chi connectivity index (χ0n) is 41.0. The van der Waals surface area contributed by atoms with E-state index in [0.29, 0.717) is 19.3 Å². The van der Waals surface area contributed by atoms with E-state index in [4.69, 9.17) is 14.2 Å². The van der Waals surface area contributed by atoms with Crippen LogP contribution in [0.2, 0.25) is 0 Å². The molecule has 64 heavy (non-hydrogen) atoms. The monoisotopic (exact) mass is 885 g/mol. The molecule has 6 nitrogen and oxygen atoms in total. The molecule has 360 valence electrons. The Morgan fingerprint density at radius 3 is 0.953 bits per heavy atom. The molecule has 0 bridgehead atoms. The summed E-state index contributed by atoms with van der Waals surface area (Å²) in [4.78, 5) is 37.4. The highest BCUT2D eigenvalue weighted by Gasteiger charge is 2.19. The van der Waals surface area contributed by atoms with Crippen molar-refractivity contribution in [1.82, 2.24) is 0 Å². The van der Waals surface area contributed by atoms with Gasteiger partial charge in [-0.15, -0.1) is 0 Å². The highest BCUT2D eigenvalue weighted by Crippen LogP contribution is 2.12. The van der Waals surface area contributed by atoms with Gasteiger partial charge in [-0.1, -0.05) is 213 Å². The van der Waals surface area contributed by atoms with Crippen molar-refractivity contribution < 1.29 is 28.6 Å². The molecule has 0 aliphatic rings. The molecule has 0 aliphatic heterocycles. The fourth-order valence-corrected chi connectivity index (χ4v) is 6.41. The van der Waals surface area contributed by atoms with Gasteiger partial charge in [-0.25, -0.2) is 0 Å². The van der Waals surface area contributed by atoms with E-state index in [1.54, 1.807) is 0 Å². The lowest BCUT2D eigenvalue weighted by atomic mass is 10.1. The molecule has 0 saturated heterocycles. The van der Waals surface area contributed by atoms with E-state index < -0.39 is 6.10 Å². The maximum absolute atomic E-state index is 12.6. The molecule has 0 spiro atoms. The number of hydrogen-bond donors (Lipinski definition) is 0. The van der Waals surface area contributed by atoms with E-state index in [9.17, 15) is 14.4 Å². The molecule has 0 aromatic carbocycles. The molecular formula is C58H92O6.